The zero-order valence-electron chi connectivity index (χ0n) is 22.0. The van der Waals surface area contributed by atoms with Crippen LogP contribution in [0.2, 0.25) is 0 Å². The van der Waals surface area contributed by atoms with Gasteiger partial charge in [0.2, 0.25) is 5.91 Å². The number of halogens is 1. The van der Waals surface area contributed by atoms with E-state index < -0.39 is 28.9 Å². The Balaban J connectivity index is 1.99. The highest BCUT2D eigenvalue weighted by Gasteiger charge is 2.66. The smallest absolute Gasteiger partial charge is 0.324 e. The van der Waals surface area contributed by atoms with Crippen molar-refractivity contribution >= 4 is 17.6 Å². The lowest BCUT2D eigenvalue weighted by atomic mass is 9.62. The van der Waals surface area contributed by atoms with E-state index in [2.05, 4.69) is 31.4 Å². The van der Waals surface area contributed by atoms with Crippen molar-refractivity contribution in [2.75, 3.05) is 5.32 Å². The zero-order chi connectivity index (χ0) is 25.9. The van der Waals surface area contributed by atoms with E-state index in [4.69, 9.17) is 4.74 Å². The molecular formula is C29H37FN2O3. The van der Waals surface area contributed by atoms with Gasteiger partial charge >= 0.3 is 5.97 Å². The van der Waals surface area contributed by atoms with Gasteiger partial charge < -0.3 is 10.1 Å². The van der Waals surface area contributed by atoms with Crippen molar-refractivity contribution in [3.05, 3.63) is 64.5 Å². The highest BCUT2D eigenvalue weighted by molar-refractivity contribution is 6.09. The number of aryl methyl sites for hydroxylation is 2. The van der Waals surface area contributed by atoms with Gasteiger partial charge in [0.05, 0.1) is 0 Å². The Kier molecular flexibility index (Phi) is 6.12. The highest BCUT2D eigenvalue weighted by atomic mass is 19.1. The monoisotopic (exact) mass is 480 g/mol. The third-order valence-corrected chi connectivity index (χ3v) is 7.02. The number of fused-ring (bicyclic) bond motifs is 2. The standard InChI is InChI=1S/C29H37FN2O3/c1-16-9-11-19-21(13-16)31-26(34)29(19)22(15-27(3,4)5)32-24(25(33)35-28(6,7)8)23(29)18-10-12-20(30)17(2)14-18/h9-14,22-24,32H,15H2,1-8H3,(H,31,34)/t22?,23?,24-,29-/m1/s1. The molecule has 1 fully saturated rings. The summed E-state index contributed by atoms with van der Waals surface area (Å²) in [6.07, 6.45) is 0.656. The molecule has 0 bridgehead atoms. The van der Waals surface area contributed by atoms with E-state index in [1.54, 1.807) is 19.1 Å². The molecule has 2 heterocycles. The first-order valence-corrected chi connectivity index (χ1v) is 12.3. The number of amides is 1. The Morgan fingerprint density at radius 2 is 1.74 bits per heavy atom. The lowest BCUT2D eigenvalue weighted by Gasteiger charge is -2.37. The summed E-state index contributed by atoms with van der Waals surface area (Å²) in [6, 6.07) is 9.76. The molecule has 2 aromatic rings. The second kappa shape index (κ2) is 8.44. The maximum absolute atomic E-state index is 14.3. The number of hydrogen-bond acceptors (Lipinski definition) is 4. The number of carbonyl (C=O) groups excluding carboxylic acids is 2. The van der Waals surface area contributed by atoms with E-state index >= 15 is 0 Å². The molecule has 2 N–H and O–H groups in total. The van der Waals surface area contributed by atoms with Crippen molar-refractivity contribution < 1.29 is 18.7 Å². The number of nitrogens with one attached hydrogen (secondary N) is 2. The molecule has 4 rings (SSSR count). The van der Waals surface area contributed by atoms with Crippen molar-refractivity contribution in [2.24, 2.45) is 5.41 Å². The van der Waals surface area contributed by atoms with Crippen LogP contribution in [0.15, 0.2) is 36.4 Å². The quantitative estimate of drug-likeness (QED) is 0.567. The maximum atomic E-state index is 14.3. The lowest BCUT2D eigenvalue weighted by molar-refractivity contribution is -0.157. The molecule has 0 aliphatic carbocycles. The SMILES string of the molecule is Cc1ccc2c(c1)NC(=O)[C@@]21C(CC(C)(C)C)N[C@@H](C(=O)OC(C)(C)C)C1c1ccc(F)c(C)c1. The van der Waals surface area contributed by atoms with Crippen LogP contribution in [-0.4, -0.2) is 29.6 Å². The normalized spacial score (nSPS) is 26.1. The number of benzene rings is 2. The van der Waals surface area contributed by atoms with Gasteiger partial charge in [0.1, 0.15) is 22.9 Å². The van der Waals surface area contributed by atoms with Crippen molar-refractivity contribution in [2.45, 2.75) is 90.8 Å². The minimum absolute atomic E-state index is 0.121. The van der Waals surface area contributed by atoms with Crippen LogP contribution in [0.4, 0.5) is 10.1 Å². The minimum Gasteiger partial charge on any atom is -0.459 e. The average molecular weight is 481 g/mol. The molecule has 35 heavy (non-hydrogen) atoms. The Morgan fingerprint density at radius 3 is 2.34 bits per heavy atom. The van der Waals surface area contributed by atoms with Crippen LogP contribution in [-0.2, 0) is 19.7 Å². The van der Waals surface area contributed by atoms with Gasteiger partial charge in [-0.25, -0.2) is 4.39 Å². The van der Waals surface area contributed by atoms with Gasteiger partial charge in [-0.3, -0.25) is 14.9 Å². The molecule has 1 amide bonds. The summed E-state index contributed by atoms with van der Waals surface area (Å²) < 4.78 is 20.1. The fraction of sp³-hybridized carbons (Fsp3) is 0.517. The Morgan fingerprint density at radius 1 is 1.06 bits per heavy atom. The van der Waals surface area contributed by atoms with Gasteiger partial charge in [0.25, 0.3) is 0 Å². The molecule has 1 spiro atoms. The molecule has 4 atom stereocenters. The number of esters is 1. The highest BCUT2D eigenvalue weighted by Crippen LogP contribution is 2.56. The van der Waals surface area contributed by atoms with Crippen LogP contribution >= 0.6 is 0 Å². The second-order valence-electron chi connectivity index (χ2n) is 12.4. The largest absolute Gasteiger partial charge is 0.459 e. The van der Waals surface area contributed by atoms with Gasteiger partial charge in [-0.15, -0.1) is 0 Å². The molecule has 0 saturated carbocycles. The minimum atomic E-state index is -1.05. The lowest BCUT2D eigenvalue weighted by Crippen LogP contribution is -2.49. The number of hydrogen-bond donors (Lipinski definition) is 2. The van der Waals surface area contributed by atoms with E-state index in [1.807, 2.05) is 45.9 Å². The molecule has 6 heteroatoms. The first-order valence-electron chi connectivity index (χ1n) is 12.3. The van der Waals surface area contributed by atoms with Crippen molar-refractivity contribution in [3.63, 3.8) is 0 Å². The fourth-order valence-electron chi connectivity index (χ4n) is 5.77. The first kappa shape index (κ1) is 25.4. The number of anilines is 1. The molecule has 2 unspecified atom stereocenters. The van der Waals surface area contributed by atoms with Crippen molar-refractivity contribution in [3.8, 4) is 0 Å². The molecule has 2 aliphatic heterocycles. The molecule has 2 aliphatic rings. The van der Waals surface area contributed by atoms with Crippen LogP contribution < -0.4 is 10.6 Å². The molecule has 0 aromatic heterocycles. The van der Waals surface area contributed by atoms with Gasteiger partial charge in [0, 0.05) is 17.6 Å². The summed E-state index contributed by atoms with van der Waals surface area (Å²) in [5.41, 5.74) is 2.03. The third kappa shape index (κ3) is 4.49. The van der Waals surface area contributed by atoms with E-state index in [9.17, 15) is 14.0 Å². The van der Waals surface area contributed by atoms with Crippen molar-refractivity contribution in [1.29, 1.82) is 0 Å². The van der Waals surface area contributed by atoms with Crippen LogP contribution in [0.3, 0.4) is 0 Å². The predicted molar refractivity (Wildman–Crippen MR) is 136 cm³/mol. The second-order valence-corrected chi connectivity index (χ2v) is 12.4. The summed E-state index contributed by atoms with van der Waals surface area (Å²) in [4.78, 5) is 27.7. The number of ether oxygens (including phenoxy) is 1. The van der Waals surface area contributed by atoms with E-state index in [1.165, 1.54) is 6.07 Å². The molecule has 1 saturated heterocycles. The van der Waals surface area contributed by atoms with Gasteiger partial charge in [-0.2, -0.15) is 0 Å². The summed E-state index contributed by atoms with van der Waals surface area (Å²) >= 11 is 0. The van der Waals surface area contributed by atoms with Crippen molar-refractivity contribution in [1.82, 2.24) is 5.32 Å². The fourth-order valence-corrected chi connectivity index (χ4v) is 5.77. The van der Waals surface area contributed by atoms with E-state index in [0.717, 1.165) is 22.4 Å². The Hall–Kier alpha value is -2.73. The first-order chi connectivity index (χ1) is 16.1. The van der Waals surface area contributed by atoms with Gasteiger partial charge in [-0.1, -0.05) is 45.0 Å². The topological polar surface area (TPSA) is 67.4 Å². The van der Waals surface area contributed by atoms with Gasteiger partial charge in [0.15, 0.2) is 0 Å². The van der Waals surface area contributed by atoms with Crippen LogP contribution in [0.5, 0.6) is 0 Å². The van der Waals surface area contributed by atoms with Crippen LogP contribution in [0, 0.1) is 25.1 Å². The number of rotatable bonds is 3. The Bertz CT molecular complexity index is 1180. The Labute approximate surface area is 207 Å². The summed E-state index contributed by atoms with van der Waals surface area (Å²) in [7, 11) is 0. The molecule has 188 valence electrons. The molecule has 5 nitrogen and oxygen atoms in total. The average Bonchev–Trinajstić information content (AvgIpc) is 3.17. The summed E-state index contributed by atoms with van der Waals surface area (Å²) in [6.45, 7) is 15.6. The molecule has 0 radical (unpaired) electrons. The van der Waals surface area contributed by atoms with Crippen LogP contribution in [0.1, 0.15) is 76.1 Å². The maximum Gasteiger partial charge on any atom is 0.324 e. The van der Waals surface area contributed by atoms with E-state index in [0.29, 0.717) is 12.0 Å². The summed E-state index contributed by atoms with van der Waals surface area (Å²) in [5, 5.41) is 6.66. The van der Waals surface area contributed by atoms with Crippen LogP contribution in [0.25, 0.3) is 0 Å². The van der Waals surface area contributed by atoms with Gasteiger partial charge in [-0.05, 0) is 80.8 Å². The molecule has 2 aromatic carbocycles. The third-order valence-electron chi connectivity index (χ3n) is 7.02. The zero-order valence-corrected chi connectivity index (χ0v) is 22.0. The molecular weight excluding hydrogens is 443 g/mol. The summed E-state index contributed by atoms with van der Waals surface area (Å²) in [5.74, 6) is -1.44. The number of carbonyl (C=O) groups is 2. The van der Waals surface area contributed by atoms with E-state index in [-0.39, 0.29) is 23.2 Å². The predicted octanol–water partition coefficient (Wildman–Crippen LogP) is 5.53.